The monoisotopic (exact) mass is 240 g/mol. The Balaban J connectivity index is 1.94. The minimum Gasteiger partial charge on any atom is -0.355 e. The topological polar surface area (TPSA) is 50.7 Å². The van der Waals surface area contributed by atoms with Crippen LogP contribution in [0.3, 0.4) is 0 Å². The maximum absolute atomic E-state index is 4.39. The van der Waals surface area contributed by atoms with Crippen LogP contribution in [0.25, 0.3) is 0 Å². The first-order valence-electron chi connectivity index (χ1n) is 4.70. The van der Waals surface area contributed by atoms with Gasteiger partial charge in [0, 0.05) is 28.5 Å². The fourth-order valence-corrected chi connectivity index (χ4v) is 2.27. The van der Waals surface area contributed by atoms with Crippen molar-refractivity contribution in [3.05, 3.63) is 22.4 Å². The number of thiazole rings is 1. The molecule has 0 spiro atoms. The first kappa shape index (κ1) is 10.5. The molecule has 0 aliphatic heterocycles. The summed E-state index contributed by atoms with van der Waals surface area (Å²) in [6.45, 7) is 4.96. The quantitative estimate of drug-likeness (QED) is 0.892. The summed E-state index contributed by atoms with van der Waals surface area (Å²) in [5, 5.41) is 4.12. The molecule has 0 saturated carbocycles. The molecule has 0 aliphatic rings. The van der Waals surface area contributed by atoms with Crippen molar-refractivity contribution in [1.82, 2.24) is 14.3 Å². The lowest BCUT2D eigenvalue weighted by Crippen LogP contribution is -1.97. The van der Waals surface area contributed by atoms with E-state index in [1.165, 1.54) is 16.4 Å². The van der Waals surface area contributed by atoms with Gasteiger partial charge < -0.3 is 5.32 Å². The molecule has 0 bridgehead atoms. The molecule has 2 aromatic rings. The Hall–Kier alpha value is -1.01. The zero-order valence-corrected chi connectivity index (χ0v) is 10.2. The third-order valence-corrected chi connectivity index (χ3v) is 3.32. The Morgan fingerprint density at radius 2 is 2.33 bits per heavy atom. The molecule has 2 aromatic heterocycles. The number of nitrogens with one attached hydrogen (secondary N) is 1. The predicted molar refractivity (Wildman–Crippen MR) is 63.4 cm³/mol. The number of aromatic nitrogens is 3. The molecule has 0 atom stereocenters. The summed E-state index contributed by atoms with van der Waals surface area (Å²) in [5.41, 5.74) is 1.83. The van der Waals surface area contributed by atoms with Gasteiger partial charge in [-0.15, -0.1) is 11.3 Å². The van der Waals surface area contributed by atoms with E-state index in [9.17, 15) is 0 Å². The van der Waals surface area contributed by atoms with Gasteiger partial charge in [-0.1, -0.05) is 13.8 Å². The van der Waals surface area contributed by atoms with Crippen LogP contribution in [0.5, 0.6) is 0 Å². The smallest absolute Gasteiger partial charge is 0.202 e. The van der Waals surface area contributed by atoms with Crippen molar-refractivity contribution in [2.45, 2.75) is 26.3 Å². The van der Waals surface area contributed by atoms with Crippen molar-refractivity contribution < 1.29 is 0 Å². The first-order chi connectivity index (χ1) is 7.25. The van der Waals surface area contributed by atoms with Crippen molar-refractivity contribution in [2.75, 3.05) is 5.32 Å². The fourth-order valence-electron chi connectivity index (χ4n) is 1.03. The average molecular weight is 240 g/mol. The Kier molecular flexibility index (Phi) is 3.27. The number of hydrogen-bond acceptors (Lipinski definition) is 6. The van der Waals surface area contributed by atoms with Gasteiger partial charge in [0.2, 0.25) is 5.13 Å². The number of hydrogen-bond donors (Lipinski definition) is 1. The normalized spacial score (nSPS) is 10.9. The van der Waals surface area contributed by atoms with Gasteiger partial charge in [0.25, 0.3) is 0 Å². The molecule has 0 radical (unpaired) electrons. The van der Waals surface area contributed by atoms with E-state index >= 15 is 0 Å². The summed E-state index contributed by atoms with van der Waals surface area (Å²) in [5.74, 6) is 1.30. The molecular formula is C9H12N4S2. The Morgan fingerprint density at radius 1 is 1.47 bits per heavy atom. The van der Waals surface area contributed by atoms with Crippen LogP contribution in [0.1, 0.15) is 30.5 Å². The minimum absolute atomic E-state index is 0.389. The maximum Gasteiger partial charge on any atom is 0.202 e. The van der Waals surface area contributed by atoms with Gasteiger partial charge in [-0.3, -0.25) is 4.98 Å². The summed E-state index contributed by atoms with van der Waals surface area (Å²) >= 11 is 3.05. The second-order valence-corrected chi connectivity index (χ2v) is 5.16. The number of anilines is 1. The van der Waals surface area contributed by atoms with E-state index in [2.05, 4.69) is 33.5 Å². The van der Waals surface area contributed by atoms with E-state index in [1.54, 1.807) is 11.3 Å². The van der Waals surface area contributed by atoms with Crippen molar-refractivity contribution in [3.8, 4) is 0 Å². The van der Waals surface area contributed by atoms with E-state index in [1.807, 2.05) is 11.7 Å². The second kappa shape index (κ2) is 4.67. The van der Waals surface area contributed by atoms with Gasteiger partial charge in [0.05, 0.1) is 12.1 Å². The van der Waals surface area contributed by atoms with Crippen molar-refractivity contribution >= 4 is 28.0 Å². The molecule has 1 N–H and O–H groups in total. The van der Waals surface area contributed by atoms with Crippen LogP contribution in [0.2, 0.25) is 0 Å². The van der Waals surface area contributed by atoms with Crippen molar-refractivity contribution in [2.24, 2.45) is 0 Å². The summed E-state index contributed by atoms with van der Waals surface area (Å²) in [7, 11) is 0. The molecule has 0 amide bonds. The van der Waals surface area contributed by atoms with Crippen LogP contribution < -0.4 is 5.32 Å². The molecule has 0 aliphatic carbocycles. The van der Waals surface area contributed by atoms with E-state index in [-0.39, 0.29) is 0 Å². The van der Waals surface area contributed by atoms with Crippen LogP contribution in [0.15, 0.2) is 11.7 Å². The highest BCUT2D eigenvalue weighted by Crippen LogP contribution is 2.18. The van der Waals surface area contributed by atoms with Gasteiger partial charge in [-0.2, -0.15) is 4.37 Å². The predicted octanol–water partition coefficient (Wildman–Crippen LogP) is 2.73. The lowest BCUT2D eigenvalue weighted by atomic mass is 10.2. The standard InChI is InChI=1S/C9H12N4S2/c1-6(2)8-12-9(15-13-8)11-4-7-3-10-5-14-7/h3,5-6H,4H2,1-2H3,(H,11,12,13). The van der Waals surface area contributed by atoms with E-state index in [4.69, 9.17) is 0 Å². The fraction of sp³-hybridized carbons (Fsp3) is 0.444. The molecule has 0 saturated heterocycles. The molecule has 0 fully saturated rings. The zero-order valence-electron chi connectivity index (χ0n) is 8.60. The summed E-state index contributed by atoms with van der Waals surface area (Å²) in [4.78, 5) is 9.61. The average Bonchev–Trinajstić information content (AvgIpc) is 2.86. The highest BCUT2D eigenvalue weighted by atomic mass is 32.1. The Bertz CT molecular complexity index is 407. The molecule has 15 heavy (non-hydrogen) atoms. The van der Waals surface area contributed by atoms with Crippen LogP contribution in [-0.2, 0) is 6.54 Å². The molecular weight excluding hydrogens is 228 g/mol. The van der Waals surface area contributed by atoms with Crippen LogP contribution >= 0.6 is 22.9 Å². The molecule has 2 heterocycles. The summed E-state index contributed by atoms with van der Waals surface area (Å²) in [6.07, 6.45) is 1.86. The zero-order chi connectivity index (χ0) is 10.7. The molecule has 6 heteroatoms. The Morgan fingerprint density at radius 3 is 2.93 bits per heavy atom. The molecule has 80 valence electrons. The van der Waals surface area contributed by atoms with E-state index < -0.39 is 0 Å². The lowest BCUT2D eigenvalue weighted by Gasteiger charge is -1.98. The van der Waals surface area contributed by atoms with Crippen molar-refractivity contribution in [3.63, 3.8) is 0 Å². The first-order valence-corrected chi connectivity index (χ1v) is 6.36. The van der Waals surface area contributed by atoms with Crippen LogP contribution in [-0.4, -0.2) is 14.3 Å². The third kappa shape index (κ3) is 2.73. The maximum atomic E-state index is 4.39. The highest BCUT2D eigenvalue weighted by Gasteiger charge is 2.07. The van der Waals surface area contributed by atoms with Gasteiger partial charge >= 0.3 is 0 Å². The van der Waals surface area contributed by atoms with Crippen LogP contribution in [0, 0.1) is 0 Å². The van der Waals surface area contributed by atoms with Gasteiger partial charge in [0.1, 0.15) is 5.82 Å². The highest BCUT2D eigenvalue weighted by molar-refractivity contribution is 7.10. The Labute approximate surface area is 96.6 Å². The second-order valence-electron chi connectivity index (χ2n) is 3.43. The third-order valence-electron chi connectivity index (χ3n) is 1.86. The van der Waals surface area contributed by atoms with Crippen LogP contribution in [0.4, 0.5) is 5.13 Å². The van der Waals surface area contributed by atoms with E-state index in [0.717, 1.165) is 17.5 Å². The SMILES string of the molecule is CC(C)c1nsc(NCc2cncs2)n1. The summed E-state index contributed by atoms with van der Waals surface area (Å²) in [6, 6.07) is 0. The number of rotatable bonds is 4. The van der Waals surface area contributed by atoms with Gasteiger partial charge in [-0.25, -0.2) is 4.98 Å². The minimum atomic E-state index is 0.389. The van der Waals surface area contributed by atoms with Gasteiger partial charge in [0.15, 0.2) is 0 Å². The summed E-state index contributed by atoms with van der Waals surface area (Å²) < 4.78 is 4.27. The van der Waals surface area contributed by atoms with Crippen molar-refractivity contribution in [1.29, 1.82) is 0 Å². The molecule has 0 aromatic carbocycles. The lowest BCUT2D eigenvalue weighted by molar-refractivity contribution is 0.799. The van der Waals surface area contributed by atoms with E-state index in [0.29, 0.717) is 5.92 Å². The molecule has 4 nitrogen and oxygen atoms in total. The largest absolute Gasteiger partial charge is 0.355 e. The van der Waals surface area contributed by atoms with Gasteiger partial charge in [-0.05, 0) is 0 Å². The number of nitrogens with zero attached hydrogens (tertiary/aromatic N) is 3. The molecule has 0 unspecified atom stereocenters. The molecule has 2 rings (SSSR count).